The summed E-state index contributed by atoms with van der Waals surface area (Å²) in [6, 6.07) is 10.2. The van der Waals surface area contributed by atoms with Crippen LogP contribution in [-0.4, -0.2) is 22.7 Å². The quantitative estimate of drug-likeness (QED) is 0.575. The number of allylic oxidation sites excluding steroid dienone is 1. The van der Waals surface area contributed by atoms with Crippen LogP contribution < -0.4 is 20.7 Å². The van der Waals surface area contributed by atoms with E-state index in [1.807, 2.05) is 0 Å². The number of rotatable bonds is 5. The second kappa shape index (κ2) is 8.26. The lowest BCUT2D eigenvalue weighted by atomic mass is 9.94. The van der Waals surface area contributed by atoms with Gasteiger partial charge in [-0.25, -0.2) is 4.39 Å². The molecule has 8 heteroatoms. The summed E-state index contributed by atoms with van der Waals surface area (Å²) in [6.07, 6.45) is 0. The van der Waals surface area contributed by atoms with Crippen molar-refractivity contribution in [3.8, 4) is 11.5 Å². The fourth-order valence-electron chi connectivity index (χ4n) is 2.98. The molecule has 2 aromatic rings. The zero-order chi connectivity index (χ0) is 20.3. The number of para-hydroxylation sites is 1. The number of carbonyl (C=O) groups excluding carboxylic acids is 1. The highest BCUT2D eigenvalue weighted by Crippen LogP contribution is 2.34. The Morgan fingerprint density at radius 2 is 2.07 bits per heavy atom. The summed E-state index contributed by atoms with van der Waals surface area (Å²) in [7, 11) is 0. The molecule has 6 nitrogen and oxygen atoms in total. The van der Waals surface area contributed by atoms with Crippen LogP contribution in [0.3, 0.4) is 0 Å². The molecule has 0 bridgehead atoms. The van der Waals surface area contributed by atoms with Crippen molar-refractivity contribution < 1.29 is 19.0 Å². The molecular weight excluding hydrogens is 381 g/mol. The van der Waals surface area contributed by atoms with E-state index in [4.69, 9.17) is 17.0 Å². The number of phenolic OH excluding ortho intramolecular Hbond substituents is 1. The van der Waals surface area contributed by atoms with Gasteiger partial charge in [0.2, 0.25) is 0 Å². The molecular formula is C20H20FN3O3S. The largest absolute Gasteiger partial charge is 0.504 e. The maximum Gasteiger partial charge on any atom is 0.255 e. The first kappa shape index (κ1) is 19.6. The standard InChI is InChI=1S/C20H20FN3O3S/c1-3-27-16-10-12(8-9-15(16)25)18-17(11(2)22-20(28)24-18)19(26)23-14-7-5-4-6-13(14)21/h4-10,18,25H,3H2,1-2H3,(H,23,26)(H2,22,24,28). The van der Waals surface area contributed by atoms with Gasteiger partial charge in [-0.2, -0.15) is 0 Å². The van der Waals surface area contributed by atoms with Crippen LogP contribution in [0.2, 0.25) is 0 Å². The van der Waals surface area contributed by atoms with E-state index in [2.05, 4.69) is 16.0 Å². The van der Waals surface area contributed by atoms with Gasteiger partial charge in [-0.3, -0.25) is 4.79 Å². The highest BCUT2D eigenvalue weighted by atomic mass is 32.1. The highest BCUT2D eigenvalue weighted by Gasteiger charge is 2.30. The molecule has 0 spiro atoms. The average molecular weight is 401 g/mol. The first-order chi connectivity index (χ1) is 13.4. The fraction of sp³-hybridized carbons (Fsp3) is 0.200. The third-order valence-electron chi connectivity index (χ3n) is 4.25. The van der Waals surface area contributed by atoms with E-state index in [-0.39, 0.29) is 11.4 Å². The average Bonchev–Trinajstić information content (AvgIpc) is 2.65. The summed E-state index contributed by atoms with van der Waals surface area (Å²) in [4.78, 5) is 13.0. The third-order valence-corrected chi connectivity index (χ3v) is 4.47. The van der Waals surface area contributed by atoms with Gasteiger partial charge in [0, 0.05) is 5.70 Å². The molecule has 0 saturated heterocycles. The van der Waals surface area contributed by atoms with Crippen molar-refractivity contribution in [2.45, 2.75) is 19.9 Å². The summed E-state index contributed by atoms with van der Waals surface area (Å²) < 4.78 is 19.4. The minimum atomic E-state index is -0.597. The van der Waals surface area contributed by atoms with E-state index >= 15 is 0 Å². The molecule has 3 rings (SSSR count). The smallest absolute Gasteiger partial charge is 0.255 e. The van der Waals surface area contributed by atoms with Crippen molar-refractivity contribution in [2.24, 2.45) is 0 Å². The van der Waals surface area contributed by atoms with Crippen LogP contribution in [0, 0.1) is 5.82 Å². The topological polar surface area (TPSA) is 82.6 Å². The van der Waals surface area contributed by atoms with E-state index in [0.717, 1.165) is 0 Å². The Labute approximate surface area is 167 Å². The number of aromatic hydroxyl groups is 1. The number of benzene rings is 2. The molecule has 0 saturated carbocycles. The first-order valence-electron chi connectivity index (χ1n) is 8.70. The molecule has 146 valence electrons. The van der Waals surface area contributed by atoms with Crippen molar-refractivity contribution in [1.82, 2.24) is 10.6 Å². The molecule has 1 heterocycles. The number of anilines is 1. The number of amides is 1. The maximum absolute atomic E-state index is 14.0. The second-order valence-electron chi connectivity index (χ2n) is 6.16. The Balaban J connectivity index is 1.98. The van der Waals surface area contributed by atoms with Gasteiger partial charge < -0.3 is 25.8 Å². The van der Waals surface area contributed by atoms with Crippen LogP contribution in [0.15, 0.2) is 53.7 Å². The van der Waals surface area contributed by atoms with E-state index in [9.17, 15) is 14.3 Å². The van der Waals surface area contributed by atoms with Crippen molar-refractivity contribution in [1.29, 1.82) is 0 Å². The van der Waals surface area contributed by atoms with Gasteiger partial charge in [0.05, 0.1) is 23.9 Å². The molecule has 2 aromatic carbocycles. The van der Waals surface area contributed by atoms with E-state index < -0.39 is 17.8 Å². The molecule has 0 radical (unpaired) electrons. The molecule has 0 aliphatic carbocycles. The van der Waals surface area contributed by atoms with Crippen molar-refractivity contribution in [2.75, 3.05) is 11.9 Å². The van der Waals surface area contributed by atoms with Crippen molar-refractivity contribution in [3.05, 3.63) is 65.1 Å². The van der Waals surface area contributed by atoms with Gasteiger partial charge in [-0.1, -0.05) is 18.2 Å². The number of ether oxygens (including phenoxy) is 1. The molecule has 4 N–H and O–H groups in total. The van der Waals surface area contributed by atoms with Gasteiger partial charge in [-0.15, -0.1) is 0 Å². The minimum Gasteiger partial charge on any atom is -0.504 e. The van der Waals surface area contributed by atoms with E-state index in [1.165, 1.54) is 18.2 Å². The van der Waals surface area contributed by atoms with Crippen molar-refractivity contribution >= 4 is 28.9 Å². The number of hydrogen-bond acceptors (Lipinski definition) is 4. The van der Waals surface area contributed by atoms with Crippen LogP contribution in [0.4, 0.5) is 10.1 Å². The van der Waals surface area contributed by atoms with E-state index in [0.29, 0.717) is 34.3 Å². The Kier molecular flexibility index (Phi) is 5.79. The lowest BCUT2D eigenvalue weighted by molar-refractivity contribution is -0.113. The third kappa shape index (κ3) is 4.07. The van der Waals surface area contributed by atoms with Crippen LogP contribution in [-0.2, 0) is 4.79 Å². The van der Waals surface area contributed by atoms with Crippen LogP contribution in [0.5, 0.6) is 11.5 Å². The number of halogens is 1. The molecule has 1 atom stereocenters. The fourth-order valence-corrected chi connectivity index (χ4v) is 3.25. The lowest BCUT2D eigenvalue weighted by Gasteiger charge is -2.30. The number of carbonyl (C=O) groups is 1. The predicted octanol–water partition coefficient (Wildman–Crippen LogP) is 3.36. The lowest BCUT2D eigenvalue weighted by Crippen LogP contribution is -2.45. The van der Waals surface area contributed by atoms with E-state index in [1.54, 1.807) is 38.1 Å². The molecule has 0 fully saturated rings. The van der Waals surface area contributed by atoms with Gasteiger partial charge in [-0.05, 0) is 55.9 Å². The Hall–Kier alpha value is -3.13. The zero-order valence-corrected chi connectivity index (χ0v) is 16.2. The van der Waals surface area contributed by atoms with Crippen LogP contribution in [0.1, 0.15) is 25.5 Å². The van der Waals surface area contributed by atoms with Gasteiger partial charge >= 0.3 is 0 Å². The van der Waals surface area contributed by atoms with Crippen molar-refractivity contribution in [3.63, 3.8) is 0 Å². The second-order valence-corrected chi connectivity index (χ2v) is 6.57. The SMILES string of the molecule is CCOc1cc(C2NC(=S)NC(C)=C2C(=O)Nc2ccccc2F)ccc1O. The molecule has 1 aliphatic heterocycles. The van der Waals surface area contributed by atoms with Gasteiger partial charge in [0.1, 0.15) is 5.82 Å². The first-order valence-corrected chi connectivity index (χ1v) is 9.11. The summed E-state index contributed by atoms with van der Waals surface area (Å²) in [5.41, 5.74) is 1.65. The molecule has 0 aromatic heterocycles. The minimum absolute atomic E-state index is 0.000158. The maximum atomic E-state index is 14.0. The monoisotopic (exact) mass is 401 g/mol. The zero-order valence-electron chi connectivity index (χ0n) is 15.4. The van der Waals surface area contributed by atoms with Gasteiger partial charge in [0.15, 0.2) is 16.6 Å². The normalized spacial score (nSPS) is 16.2. The summed E-state index contributed by atoms with van der Waals surface area (Å²) >= 11 is 5.23. The summed E-state index contributed by atoms with van der Waals surface area (Å²) in [5.74, 6) is -0.694. The summed E-state index contributed by atoms with van der Waals surface area (Å²) in [6.45, 7) is 3.91. The number of thiocarbonyl (C=S) groups is 1. The number of nitrogens with one attached hydrogen (secondary N) is 3. The highest BCUT2D eigenvalue weighted by molar-refractivity contribution is 7.80. The molecule has 1 aliphatic rings. The van der Waals surface area contributed by atoms with Crippen LogP contribution in [0.25, 0.3) is 0 Å². The van der Waals surface area contributed by atoms with Gasteiger partial charge in [0.25, 0.3) is 5.91 Å². The number of phenols is 1. The predicted molar refractivity (Wildman–Crippen MR) is 109 cm³/mol. The molecule has 28 heavy (non-hydrogen) atoms. The molecule has 1 unspecified atom stereocenters. The summed E-state index contributed by atoms with van der Waals surface area (Å²) in [5, 5.41) is 18.9. The Bertz CT molecular complexity index is 961. The Morgan fingerprint density at radius 3 is 2.79 bits per heavy atom. The number of hydrogen-bond donors (Lipinski definition) is 4. The molecule has 1 amide bonds. The van der Waals surface area contributed by atoms with Crippen LogP contribution >= 0.6 is 12.2 Å². The Morgan fingerprint density at radius 1 is 1.32 bits per heavy atom.